The second-order valence-electron chi connectivity index (χ2n) is 5.55. The van der Waals surface area contributed by atoms with Crippen molar-refractivity contribution in [3.63, 3.8) is 0 Å². The fourth-order valence-corrected chi connectivity index (χ4v) is 3.10. The SMILES string of the molecule is NC(=O)c1c(N=Cc2c(O)cccc2Cl)n[nH]c1Nc1cccc(CI)c1. The number of benzene rings is 2. The summed E-state index contributed by atoms with van der Waals surface area (Å²) < 4.78 is 0.857. The average molecular weight is 496 g/mol. The first-order valence-corrected chi connectivity index (χ1v) is 9.71. The zero-order chi connectivity index (χ0) is 19.4. The molecule has 1 amide bonds. The smallest absolute Gasteiger partial charge is 0.256 e. The van der Waals surface area contributed by atoms with Crippen LogP contribution in [0.1, 0.15) is 21.5 Å². The van der Waals surface area contributed by atoms with E-state index in [0.717, 1.165) is 15.7 Å². The van der Waals surface area contributed by atoms with Gasteiger partial charge in [0.25, 0.3) is 5.91 Å². The van der Waals surface area contributed by atoms with Crippen LogP contribution >= 0.6 is 34.2 Å². The first-order chi connectivity index (χ1) is 13.0. The second-order valence-corrected chi connectivity index (χ2v) is 6.72. The normalized spacial score (nSPS) is 11.0. The quantitative estimate of drug-likeness (QED) is 0.232. The summed E-state index contributed by atoms with van der Waals surface area (Å²) in [6, 6.07) is 12.5. The molecule has 0 saturated carbocycles. The number of primary amides is 1. The van der Waals surface area contributed by atoms with Gasteiger partial charge in [-0.1, -0.05) is 52.4 Å². The van der Waals surface area contributed by atoms with Crippen LogP contribution in [0.2, 0.25) is 5.02 Å². The van der Waals surface area contributed by atoms with Crippen molar-refractivity contribution in [3.05, 3.63) is 64.2 Å². The molecule has 3 aromatic rings. The first-order valence-electron chi connectivity index (χ1n) is 7.81. The van der Waals surface area contributed by atoms with E-state index in [9.17, 15) is 9.90 Å². The Balaban J connectivity index is 1.94. The summed E-state index contributed by atoms with van der Waals surface area (Å²) in [6.07, 6.45) is 1.33. The standard InChI is InChI=1S/C18H15ClIN5O2/c19-13-5-2-6-14(26)12(13)9-22-17-15(16(21)27)18(25-24-17)23-11-4-1-3-10(7-11)8-20/h1-7,9,26H,8H2,(H2,21,27)(H2,23,24,25). The van der Waals surface area contributed by atoms with E-state index in [-0.39, 0.29) is 17.1 Å². The summed E-state index contributed by atoms with van der Waals surface area (Å²) in [5.41, 5.74) is 7.86. The molecule has 0 saturated heterocycles. The third kappa shape index (κ3) is 4.40. The topological polar surface area (TPSA) is 116 Å². The number of hydrogen-bond donors (Lipinski definition) is 4. The number of phenols is 1. The molecule has 0 atom stereocenters. The zero-order valence-electron chi connectivity index (χ0n) is 13.9. The highest BCUT2D eigenvalue weighted by Crippen LogP contribution is 2.28. The van der Waals surface area contributed by atoms with Crippen LogP contribution in [-0.2, 0) is 4.43 Å². The van der Waals surface area contributed by atoms with Gasteiger partial charge in [0.05, 0.1) is 10.6 Å². The lowest BCUT2D eigenvalue weighted by molar-refractivity contribution is 0.100. The summed E-state index contributed by atoms with van der Waals surface area (Å²) in [5, 5.41) is 20.1. The summed E-state index contributed by atoms with van der Waals surface area (Å²) >= 11 is 8.33. The van der Waals surface area contributed by atoms with Crippen molar-refractivity contribution in [2.45, 2.75) is 4.43 Å². The fraction of sp³-hybridized carbons (Fsp3) is 0.0556. The Bertz CT molecular complexity index is 998. The molecule has 0 aliphatic rings. The van der Waals surface area contributed by atoms with Gasteiger partial charge in [-0.15, -0.1) is 0 Å². The number of nitrogens with one attached hydrogen (secondary N) is 2. The van der Waals surface area contributed by atoms with Gasteiger partial charge >= 0.3 is 0 Å². The van der Waals surface area contributed by atoms with Crippen LogP contribution in [0.4, 0.5) is 17.3 Å². The van der Waals surface area contributed by atoms with E-state index >= 15 is 0 Å². The molecule has 0 unspecified atom stereocenters. The molecule has 27 heavy (non-hydrogen) atoms. The number of phenolic OH excluding ortho intramolecular Hbond substituents is 1. The Morgan fingerprint density at radius 3 is 2.85 bits per heavy atom. The van der Waals surface area contributed by atoms with Crippen LogP contribution in [0.25, 0.3) is 0 Å². The Morgan fingerprint density at radius 2 is 2.15 bits per heavy atom. The van der Waals surface area contributed by atoms with Crippen molar-refractivity contribution < 1.29 is 9.90 Å². The molecule has 138 valence electrons. The van der Waals surface area contributed by atoms with E-state index in [1.54, 1.807) is 12.1 Å². The number of H-pyrrole nitrogens is 1. The van der Waals surface area contributed by atoms with Gasteiger partial charge in [-0.3, -0.25) is 9.89 Å². The van der Waals surface area contributed by atoms with Crippen LogP contribution in [0.15, 0.2) is 47.5 Å². The average Bonchev–Trinajstić information content (AvgIpc) is 3.04. The minimum atomic E-state index is -0.688. The maximum atomic E-state index is 11.9. The molecule has 0 aliphatic carbocycles. The van der Waals surface area contributed by atoms with Crippen LogP contribution in [0, 0.1) is 0 Å². The molecule has 1 aromatic heterocycles. The number of nitrogens with two attached hydrogens (primary N) is 1. The second kappa shape index (κ2) is 8.40. The van der Waals surface area contributed by atoms with E-state index in [2.05, 4.69) is 43.1 Å². The molecule has 3 rings (SSSR count). The monoisotopic (exact) mass is 495 g/mol. The van der Waals surface area contributed by atoms with E-state index in [1.807, 2.05) is 24.3 Å². The highest BCUT2D eigenvalue weighted by molar-refractivity contribution is 14.1. The molecule has 0 aliphatic heterocycles. The minimum Gasteiger partial charge on any atom is -0.507 e. The highest BCUT2D eigenvalue weighted by atomic mass is 127. The van der Waals surface area contributed by atoms with Gasteiger partial charge in [-0.05, 0) is 29.8 Å². The molecular weight excluding hydrogens is 481 g/mol. The molecule has 0 fully saturated rings. The van der Waals surface area contributed by atoms with E-state index in [4.69, 9.17) is 17.3 Å². The molecular formula is C18H15ClIN5O2. The molecule has 2 aromatic carbocycles. The number of aromatic amines is 1. The van der Waals surface area contributed by atoms with Crippen molar-refractivity contribution in [2.75, 3.05) is 5.32 Å². The maximum Gasteiger partial charge on any atom is 0.256 e. The highest BCUT2D eigenvalue weighted by Gasteiger charge is 2.18. The number of anilines is 2. The number of carbonyl (C=O) groups is 1. The number of halogens is 2. The predicted octanol–water partition coefficient (Wildman–Crippen LogP) is 4.30. The summed E-state index contributed by atoms with van der Waals surface area (Å²) in [5.74, 6) is -0.291. The van der Waals surface area contributed by atoms with Crippen LogP contribution in [0.5, 0.6) is 5.75 Å². The van der Waals surface area contributed by atoms with E-state index < -0.39 is 5.91 Å². The Kier molecular flexibility index (Phi) is 5.97. The number of aromatic hydroxyl groups is 1. The van der Waals surface area contributed by atoms with Crippen LogP contribution in [-0.4, -0.2) is 27.4 Å². The number of rotatable bonds is 6. The predicted molar refractivity (Wildman–Crippen MR) is 115 cm³/mol. The molecule has 7 nitrogen and oxygen atoms in total. The third-order valence-electron chi connectivity index (χ3n) is 3.69. The molecule has 5 N–H and O–H groups in total. The number of aliphatic imine (C=N–C) groups is 1. The van der Waals surface area contributed by atoms with Crippen molar-refractivity contribution >= 4 is 63.6 Å². The third-order valence-corrected chi connectivity index (χ3v) is 4.90. The van der Waals surface area contributed by atoms with Gasteiger partial charge in [0.1, 0.15) is 17.1 Å². The molecule has 0 bridgehead atoms. The largest absolute Gasteiger partial charge is 0.507 e. The number of nitrogens with zero attached hydrogens (tertiary/aromatic N) is 2. The van der Waals surface area contributed by atoms with Gasteiger partial charge in [0.15, 0.2) is 5.82 Å². The Morgan fingerprint density at radius 1 is 1.37 bits per heavy atom. The minimum absolute atomic E-state index is 0.0311. The summed E-state index contributed by atoms with van der Waals surface area (Å²) in [4.78, 5) is 16.1. The van der Waals surface area contributed by atoms with Crippen molar-refractivity contribution in [1.29, 1.82) is 0 Å². The zero-order valence-corrected chi connectivity index (χ0v) is 16.8. The number of carbonyl (C=O) groups excluding carboxylic acids is 1. The number of aromatic nitrogens is 2. The molecule has 0 radical (unpaired) electrons. The van der Waals surface area contributed by atoms with Gasteiger partial charge in [0.2, 0.25) is 0 Å². The number of hydrogen-bond acceptors (Lipinski definition) is 5. The maximum absolute atomic E-state index is 11.9. The Labute approximate surface area is 173 Å². The van der Waals surface area contributed by atoms with Gasteiger partial charge in [0, 0.05) is 16.3 Å². The van der Waals surface area contributed by atoms with Crippen LogP contribution in [0.3, 0.4) is 0 Å². The lowest BCUT2D eigenvalue weighted by Gasteiger charge is -2.06. The van der Waals surface area contributed by atoms with Crippen molar-refractivity contribution in [2.24, 2.45) is 10.7 Å². The van der Waals surface area contributed by atoms with Gasteiger partial charge in [-0.25, -0.2) is 4.99 Å². The fourth-order valence-electron chi connectivity index (χ4n) is 2.41. The summed E-state index contributed by atoms with van der Waals surface area (Å²) in [7, 11) is 0. The van der Waals surface area contributed by atoms with E-state index in [1.165, 1.54) is 12.3 Å². The lowest BCUT2D eigenvalue weighted by Crippen LogP contribution is -2.12. The molecule has 1 heterocycles. The van der Waals surface area contributed by atoms with E-state index in [0.29, 0.717) is 16.4 Å². The van der Waals surface area contributed by atoms with Gasteiger partial charge < -0.3 is 16.2 Å². The van der Waals surface area contributed by atoms with Crippen LogP contribution < -0.4 is 11.1 Å². The number of amides is 1. The van der Waals surface area contributed by atoms with Crippen molar-refractivity contribution in [3.8, 4) is 5.75 Å². The number of alkyl halides is 1. The Hall–Kier alpha value is -2.59. The van der Waals surface area contributed by atoms with Gasteiger partial charge in [-0.2, -0.15) is 5.10 Å². The lowest BCUT2D eigenvalue weighted by atomic mass is 10.2. The molecule has 9 heteroatoms. The molecule has 0 spiro atoms. The first kappa shape index (κ1) is 19.2. The van der Waals surface area contributed by atoms with Crippen molar-refractivity contribution in [1.82, 2.24) is 10.2 Å². The summed E-state index contributed by atoms with van der Waals surface area (Å²) in [6.45, 7) is 0.